The molecule has 1 aliphatic heterocycles. The number of anilines is 2. The van der Waals surface area contributed by atoms with E-state index in [0.29, 0.717) is 12.4 Å². The van der Waals surface area contributed by atoms with Gasteiger partial charge in [0.2, 0.25) is 0 Å². The zero-order valence-corrected chi connectivity index (χ0v) is 9.24. The van der Waals surface area contributed by atoms with Gasteiger partial charge in [-0.1, -0.05) is 0 Å². The summed E-state index contributed by atoms with van der Waals surface area (Å²) in [6.45, 7) is 1.16. The average Bonchev–Trinajstić information content (AvgIpc) is 2.28. The molecular formula is C10H14N4O3. The number of nitrogens with zero attached hydrogens (tertiary/aromatic N) is 3. The summed E-state index contributed by atoms with van der Waals surface area (Å²) in [7, 11) is 0. The van der Waals surface area contributed by atoms with Gasteiger partial charge in [-0.05, 0) is 12.8 Å². The molecule has 17 heavy (non-hydrogen) atoms. The molecule has 0 radical (unpaired) electrons. The molecule has 0 spiro atoms. The summed E-state index contributed by atoms with van der Waals surface area (Å²) in [5.41, 5.74) is 5.46. The minimum absolute atomic E-state index is 0.0763. The number of nitrogens with two attached hydrogens (primary N) is 1. The van der Waals surface area contributed by atoms with Crippen molar-refractivity contribution in [3.8, 4) is 0 Å². The van der Waals surface area contributed by atoms with Gasteiger partial charge in [-0.15, -0.1) is 0 Å². The van der Waals surface area contributed by atoms with Crippen molar-refractivity contribution < 1.29 is 10.0 Å². The van der Waals surface area contributed by atoms with Crippen LogP contribution in [0, 0.1) is 10.1 Å². The van der Waals surface area contributed by atoms with Crippen LogP contribution in [0.25, 0.3) is 0 Å². The molecule has 0 bridgehead atoms. The molecule has 1 aromatic rings. The highest BCUT2D eigenvalue weighted by atomic mass is 16.6. The highest BCUT2D eigenvalue weighted by molar-refractivity contribution is 5.54. The highest BCUT2D eigenvalue weighted by Gasteiger charge is 2.21. The van der Waals surface area contributed by atoms with Crippen LogP contribution >= 0.6 is 0 Å². The van der Waals surface area contributed by atoms with E-state index in [2.05, 4.69) is 4.98 Å². The average molecular weight is 238 g/mol. The van der Waals surface area contributed by atoms with E-state index < -0.39 is 11.0 Å². The van der Waals surface area contributed by atoms with Crippen LogP contribution in [0.5, 0.6) is 0 Å². The van der Waals surface area contributed by atoms with Crippen molar-refractivity contribution in [1.29, 1.82) is 0 Å². The van der Waals surface area contributed by atoms with Gasteiger partial charge in [-0.3, -0.25) is 10.1 Å². The van der Waals surface area contributed by atoms with E-state index in [1.165, 1.54) is 12.1 Å². The Balaban J connectivity index is 2.28. The van der Waals surface area contributed by atoms with Crippen molar-refractivity contribution in [1.82, 2.24) is 4.98 Å². The van der Waals surface area contributed by atoms with Crippen LogP contribution < -0.4 is 10.6 Å². The van der Waals surface area contributed by atoms with Crippen LogP contribution in [0.15, 0.2) is 12.1 Å². The molecule has 0 aliphatic carbocycles. The van der Waals surface area contributed by atoms with Gasteiger partial charge in [0.1, 0.15) is 11.6 Å². The Morgan fingerprint density at radius 1 is 1.59 bits per heavy atom. The number of β-amino-alcohol motifs (C(OH)–C–C–N with tert-alkyl or cyclic N) is 1. The molecule has 0 saturated carbocycles. The van der Waals surface area contributed by atoms with Gasteiger partial charge in [0, 0.05) is 13.1 Å². The lowest BCUT2D eigenvalue weighted by atomic mass is 10.1. The summed E-state index contributed by atoms with van der Waals surface area (Å²) in [5.74, 6) is 0.574. The van der Waals surface area contributed by atoms with Crippen LogP contribution in [0.1, 0.15) is 12.8 Å². The Bertz CT molecular complexity index is 438. The van der Waals surface area contributed by atoms with Crippen LogP contribution in [0.4, 0.5) is 17.3 Å². The smallest absolute Gasteiger partial charge is 0.276 e. The monoisotopic (exact) mass is 238 g/mol. The molecule has 1 aliphatic rings. The summed E-state index contributed by atoms with van der Waals surface area (Å²) in [6.07, 6.45) is 1.18. The second kappa shape index (κ2) is 4.54. The molecular weight excluding hydrogens is 224 g/mol. The van der Waals surface area contributed by atoms with E-state index in [4.69, 9.17) is 5.73 Å². The molecule has 92 valence electrons. The second-order valence-corrected chi connectivity index (χ2v) is 4.11. The molecule has 1 unspecified atom stereocenters. The van der Waals surface area contributed by atoms with Crippen molar-refractivity contribution in [2.75, 3.05) is 23.7 Å². The van der Waals surface area contributed by atoms with Crippen LogP contribution in [0.2, 0.25) is 0 Å². The van der Waals surface area contributed by atoms with Crippen LogP contribution in [-0.2, 0) is 0 Å². The van der Waals surface area contributed by atoms with Gasteiger partial charge in [0.05, 0.1) is 23.2 Å². The fraction of sp³-hybridized carbons (Fsp3) is 0.500. The Hall–Kier alpha value is -1.89. The Morgan fingerprint density at radius 2 is 2.35 bits per heavy atom. The maximum atomic E-state index is 10.7. The molecule has 1 saturated heterocycles. The van der Waals surface area contributed by atoms with E-state index in [9.17, 15) is 15.2 Å². The second-order valence-electron chi connectivity index (χ2n) is 4.11. The fourth-order valence-electron chi connectivity index (χ4n) is 1.95. The molecule has 0 aromatic carbocycles. The first-order valence-electron chi connectivity index (χ1n) is 5.41. The lowest BCUT2D eigenvalue weighted by Crippen LogP contribution is -2.38. The third-order valence-electron chi connectivity index (χ3n) is 2.75. The normalized spacial score (nSPS) is 20.3. The van der Waals surface area contributed by atoms with Gasteiger partial charge in [-0.25, -0.2) is 4.98 Å². The zero-order chi connectivity index (χ0) is 12.4. The van der Waals surface area contributed by atoms with Crippen molar-refractivity contribution in [3.63, 3.8) is 0 Å². The molecule has 1 atom stereocenters. The number of nitro groups is 1. The minimum atomic E-state index is -0.498. The molecule has 0 amide bonds. The number of hydrogen-bond donors (Lipinski definition) is 2. The van der Waals surface area contributed by atoms with E-state index >= 15 is 0 Å². The number of aliphatic hydroxyl groups excluding tert-OH is 1. The summed E-state index contributed by atoms with van der Waals surface area (Å²) in [4.78, 5) is 16.1. The van der Waals surface area contributed by atoms with Crippen molar-refractivity contribution in [2.45, 2.75) is 18.9 Å². The SMILES string of the molecule is Nc1cc([N+](=O)[O-])cc(N2CCCC(O)C2)n1. The number of hydrogen-bond acceptors (Lipinski definition) is 6. The first-order valence-corrected chi connectivity index (χ1v) is 5.41. The molecule has 2 heterocycles. The van der Waals surface area contributed by atoms with Gasteiger partial charge in [-0.2, -0.15) is 0 Å². The summed E-state index contributed by atoms with van der Waals surface area (Å²) >= 11 is 0. The first-order chi connectivity index (χ1) is 8.06. The maximum absolute atomic E-state index is 10.7. The number of pyridine rings is 1. The van der Waals surface area contributed by atoms with E-state index in [-0.39, 0.29) is 11.5 Å². The number of piperidine rings is 1. The molecule has 7 nitrogen and oxygen atoms in total. The number of nitrogen functional groups attached to an aromatic ring is 1. The molecule has 1 fully saturated rings. The number of aliphatic hydroxyl groups is 1. The van der Waals surface area contributed by atoms with E-state index in [0.717, 1.165) is 19.4 Å². The minimum Gasteiger partial charge on any atom is -0.391 e. The fourth-order valence-corrected chi connectivity index (χ4v) is 1.95. The maximum Gasteiger partial charge on any atom is 0.276 e. The Kier molecular flexibility index (Phi) is 3.10. The predicted octanol–water partition coefficient (Wildman–Crippen LogP) is 0.533. The zero-order valence-electron chi connectivity index (χ0n) is 9.24. The summed E-state index contributed by atoms with van der Waals surface area (Å²) in [6, 6.07) is 2.61. The van der Waals surface area contributed by atoms with E-state index in [1.54, 1.807) is 0 Å². The van der Waals surface area contributed by atoms with Crippen molar-refractivity contribution >= 4 is 17.3 Å². The summed E-state index contributed by atoms with van der Waals surface area (Å²) < 4.78 is 0. The quantitative estimate of drug-likeness (QED) is 0.575. The Labute approximate surface area is 98.0 Å². The molecule has 2 rings (SSSR count). The molecule has 3 N–H and O–H groups in total. The van der Waals surface area contributed by atoms with Gasteiger partial charge in [0.25, 0.3) is 5.69 Å². The number of aromatic nitrogens is 1. The highest BCUT2D eigenvalue weighted by Crippen LogP contribution is 2.24. The van der Waals surface area contributed by atoms with Gasteiger partial charge >= 0.3 is 0 Å². The van der Waals surface area contributed by atoms with Crippen molar-refractivity contribution in [2.24, 2.45) is 0 Å². The predicted molar refractivity (Wildman–Crippen MR) is 62.8 cm³/mol. The van der Waals surface area contributed by atoms with Gasteiger partial charge in [0.15, 0.2) is 0 Å². The topological polar surface area (TPSA) is 106 Å². The standard InChI is InChI=1S/C10H14N4O3/c11-9-4-7(14(16)17)5-10(12-9)13-3-1-2-8(15)6-13/h4-5,8,15H,1-3,6H2,(H2,11,12). The van der Waals surface area contributed by atoms with Crippen LogP contribution in [-0.4, -0.2) is 34.2 Å². The first kappa shape index (κ1) is 11.6. The third-order valence-corrected chi connectivity index (χ3v) is 2.75. The van der Waals surface area contributed by atoms with Crippen molar-refractivity contribution in [3.05, 3.63) is 22.2 Å². The Morgan fingerprint density at radius 3 is 3.00 bits per heavy atom. The van der Waals surface area contributed by atoms with Gasteiger partial charge < -0.3 is 15.7 Å². The van der Waals surface area contributed by atoms with E-state index in [1.807, 2.05) is 4.90 Å². The third kappa shape index (κ3) is 2.62. The number of rotatable bonds is 2. The summed E-state index contributed by atoms with van der Waals surface area (Å²) in [5, 5.41) is 20.3. The lowest BCUT2D eigenvalue weighted by molar-refractivity contribution is -0.384. The lowest BCUT2D eigenvalue weighted by Gasteiger charge is -2.30. The van der Waals surface area contributed by atoms with Crippen LogP contribution in [0.3, 0.4) is 0 Å². The molecule has 1 aromatic heterocycles. The molecule has 7 heteroatoms. The largest absolute Gasteiger partial charge is 0.391 e.